The Kier molecular flexibility index (Phi) is 3.41. The van der Waals surface area contributed by atoms with Crippen LogP contribution < -0.4 is 10.6 Å². The quantitative estimate of drug-likeness (QED) is 0.903. The molecule has 1 heterocycles. The number of halogens is 2. The Balaban J connectivity index is 2.30. The second-order valence-corrected chi connectivity index (χ2v) is 3.94. The second-order valence-electron chi connectivity index (χ2n) is 3.94. The average Bonchev–Trinajstić information content (AvgIpc) is 2.38. The van der Waals surface area contributed by atoms with E-state index in [9.17, 15) is 13.6 Å². The number of carbonyl (C=O) groups is 1. The monoisotopic (exact) mass is 263 g/mol. The lowest BCUT2D eigenvalue weighted by Crippen LogP contribution is -2.28. The van der Waals surface area contributed by atoms with Crippen molar-refractivity contribution in [1.82, 2.24) is 4.98 Å². The number of aromatic nitrogens is 1. The molecule has 1 amide bonds. The molecule has 2 N–H and O–H groups in total. The number of benzene rings is 1. The zero-order valence-electron chi connectivity index (χ0n) is 10.1. The SMILES string of the molecule is CN(C(=O)c1ccc(F)cc1F)c1ccc(N)cn1. The molecule has 1 aromatic heterocycles. The lowest BCUT2D eigenvalue weighted by molar-refractivity contribution is 0.0988. The molecule has 98 valence electrons. The topological polar surface area (TPSA) is 59.2 Å². The highest BCUT2D eigenvalue weighted by atomic mass is 19.1. The van der Waals surface area contributed by atoms with Crippen molar-refractivity contribution < 1.29 is 13.6 Å². The van der Waals surface area contributed by atoms with Gasteiger partial charge in [0.15, 0.2) is 0 Å². The Hall–Kier alpha value is -2.50. The van der Waals surface area contributed by atoms with Gasteiger partial charge in [-0.3, -0.25) is 9.69 Å². The van der Waals surface area contributed by atoms with Gasteiger partial charge in [0.1, 0.15) is 17.5 Å². The molecule has 0 spiro atoms. The predicted molar refractivity (Wildman–Crippen MR) is 67.7 cm³/mol. The van der Waals surface area contributed by atoms with Crippen molar-refractivity contribution in [1.29, 1.82) is 0 Å². The van der Waals surface area contributed by atoms with Crippen LogP contribution in [0.25, 0.3) is 0 Å². The Morgan fingerprint density at radius 2 is 2.00 bits per heavy atom. The predicted octanol–water partition coefficient (Wildman–Crippen LogP) is 2.22. The van der Waals surface area contributed by atoms with Crippen LogP contribution in [0.15, 0.2) is 36.5 Å². The van der Waals surface area contributed by atoms with E-state index in [-0.39, 0.29) is 5.56 Å². The van der Waals surface area contributed by atoms with Crippen LogP contribution in [0.4, 0.5) is 20.3 Å². The molecule has 0 fully saturated rings. The van der Waals surface area contributed by atoms with E-state index in [1.807, 2.05) is 0 Å². The number of carbonyl (C=O) groups excluding carboxylic acids is 1. The van der Waals surface area contributed by atoms with Gasteiger partial charge < -0.3 is 5.73 Å². The number of hydrogen-bond acceptors (Lipinski definition) is 3. The molecule has 0 atom stereocenters. The first-order chi connectivity index (χ1) is 8.99. The van der Waals surface area contributed by atoms with Gasteiger partial charge in [0, 0.05) is 13.1 Å². The summed E-state index contributed by atoms with van der Waals surface area (Å²) < 4.78 is 26.3. The van der Waals surface area contributed by atoms with Crippen molar-refractivity contribution in [2.24, 2.45) is 0 Å². The zero-order chi connectivity index (χ0) is 14.0. The molecule has 19 heavy (non-hydrogen) atoms. The summed E-state index contributed by atoms with van der Waals surface area (Å²) in [6, 6.07) is 5.90. The Morgan fingerprint density at radius 1 is 1.26 bits per heavy atom. The lowest BCUT2D eigenvalue weighted by Gasteiger charge is -2.16. The van der Waals surface area contributed by atoms with E-state index >= 15 is 0 Å². The van der Waals surface area contributed by atoms with E-state index in [2.05, 4.69) is 4.98 Å². The summed E-state index contributed by atoms with van der Waals surface area (Å²) in [5.41, 5.74) is 5.72. The summed E-state index contributed by atoms with van der Waals surface area (Å²) in [6.45, 7) is 0. The Morgan fingerprint density at radius 3 is 2.58 bits per heavy atom. The largest absolute Gasteiger partial charge is 0.397 e. The van der Waals surface area contributed by atoms with Crippen molar-refractivity contribution >= 4 is 17.4 Å². The molecule has 0 saturated carbocycles. The number of hydrogen-bond donors (Lipinski definition) is 1. The fourth-order valence-electron chi connectivity index (χ4n) is 1.54. The Labute approximate surface area is 108 Å². The van der Waals surface area contributed by atoms with E-state index < -0.39 is 17.5 Å². The number of pyridine rings is 1. The van der Waals surface area contributed by atoms with Gasteiger partial charge in [0.2, 0.25) is 0 Å². The normalized spacial score (nSPS) is 10.3. The van der Waals surface area contributed by atoms with Crippen LogP contribution in [-0.2, 0) is 0 Å². The van der Waals surface area contributed by atoms with Crippen LogP contribution in [0.5, 0.6) is 0 Å². The summed E-state index contributed by atoms with van der Waals surface area (Å²) in [5.74, 6) is -1.94. The number of amides is 1. The van der Waals surface area contributed by atoms with E-state index in [0.717, 1.165) is 17.0 Å². The maximum Gasteiger partial charge on any atom is 0.262 e. The van der Waals surface area contributed by atoms with Crippen molar-refractivity contribution in [3.63, 3.8) is 0 Å². The Bertz CT molecular complexity index is 614. The van der Waals surface area contributed by atoms with Crippen LogP contribution in [0.2, 0.25) is 0 Å². The van der Waals surface area contributed by atoms with E-state index in [1.54, 1.807) is 6.07 Å². The van der Waals surface area contributed by atoms with Crippen LogP contribution in [0.1, 0.15) is 10.4 Å². The molecule has 0 aliphatic rings. The molecule has 0 aliphatic heterocycles. The fourth-order valence-corrected chi connectivity index (χ4v) is 1.54. The molecule has 6 heteroatoms. The third-order valence-electron chi connectivity index (χ3n) is 2.58. The van der Waals surface area contributed by atoms with Crippen LogP contribution in [0.3, 0.4) is 0 Å². The first-order valence-electron chi connectivity index (χ1n) is 5.43. The molecule has 0 bridgehead atoms. The minimum Gasteiger partial charge on any atom is -0.397 e. The summed E-state index contributed by atoms with van der Waals surface area (Å²) in [4.78, 5) is 17.2. The smallest absolute Gasteiger partial charge is 0.262 e. The zero-order valence-corrected chi connectivity index (χ0v) is 10.1. The number of nitrogen functional groups attached to an aromatic ring is 1. The van der Waals surface area contributed by atoms with Gasteiger partial charge in [-0.15, -0.1) is 0 Å². The van der Waals surface area contributed by atoms with Gasteiger partial charge in [-0.1, -0.05) is 0 Å². The maximum absolute atomic E-state index is 13.5. The average molecular weight is 263 g/mol. The molecule has 2 rings (SSSR count). The van der Waals surface area contributed by atoms with Gasteiger partial charge in [0.25, 0.3) is 5.91 Å². The molecular formula is C13H11F2N3O. The van der Waals surface area contributed by atoms with Crippen molar-refractivity contribution in [2.45, 2.75) is 0 Å². The minimum absolute atomic E-state index is 0.220. The van der Waals surface area contributed by atoms with Gasteiger partial charge in [-0.2, -0.15) is 0 Å². The van der Waals surface area contributed by atoms with E-state index in [0.29, 0.717) is 17.6 Å². The molecule has 0 unspecified atom stereocenters. The molecule has 2 aromatic rings. The van der Waals surface area contributed by atoms with Crippen molar-refractivity contribution in [2.75, 3.05) is 17.7 Å². The van der Waals surface area contributed by atoms with Crippen molar-refractivity contribution in [3.8, 4) is 0 Å². The molecular weight excluding hydrogens is 252 g/mol. The van der Waals surface area contributed by atoms with Crippen molar-refractivity contribution in [3.05, 3.63) is 53.7 Å². The second kappa shape index (κ2) is 5.01. The van der Waals surface area contributed by atoms with Crippen LogP contribution >= 0.6 is 0 Å². The molecule has 1 aromatic carbocycles. The van der Waals surface area contributed by atoms with Gasteiger partial charge in [-0.25, -0.2) is 13.8 Å². The molecule has 0 saturated heterocycles. The van der Waals surface area contributed by atoms with E-state index in [1.165, 1.54) is 19.3 Å². The molecule has 0 aliphatic carbocycles. The summed E-state index contributed by atoms with van der Waals surface area (Å²) in [6.07, 6.45) is 1.39. The maximum atomic E-state index is 13.5. The van der Waals surface area contributed by atoms with E-state index in [4.69, 9.17) is 5.73 Å². The highest BCUT2D eigenvalue weighted by molar-refractivity contribution is 6.05. The number of nitrogens with two attached hydrogens (primary N) is 1. The lowest BCUT2D eigenvalue weighted by atomic mass is 10.2. The third-order valence-corrected chi connectivity index (χ3v) is 2.58. The van der Waals surface area contributed by atoms with Gasteiger partial charge in [-0.05, 0) is 24.3 Å². The number of anilines is 2. The number of nitrogens with zero attached hydrogens (tertiary/aromatic N) is 2. The molecule has 0 radical (unpaired) electrons. The molecule has 4 nitrogen and oxygen atoms in total. The summed E-state index contributed by atoms with van der Waals surface area (Å²) >= 11 is 0. The first kappa shape index (κ1) is 12.9. The van der Waals surface area contributed by atoms with Crippen LogP contribution in [0, 0.1) is 11.6 Å². The summed E-state index contributed by atoms with van der Waals surface area (Å²) in [7, 11) is 1.45. The highest BCUT2D eigenvalue weighted by Crippen LogP contribution is 2.16. The van der Waals surface area contributed by atoms with Gasteiger partial charge in [0.05, 0.1) is 17.4 Å². The first-order valence-corrected chi connectivity index (χ1v) is 5.43. The van der Waals surface area contributed by atoms with Crippen LogP contribution in [-0.4, -0.2) is 17.9 Å². The highest BCUT2D eigenvalue weighted by Gasteiger charge is 2.18. The fraction of sp³-hybridized carbons (Fsp3) is 0.0769. The number of rotatable bonds is 2. The minimum atomic E-state index is -0.910. The standard InChI is InChI=1S/C13H11F2N3O/c1-18(12-5-3-9(16)7-17-12)13(19)10-4-2-8(14)6-11(10)15/h2-7H,16H2,1H3. The summed E-state index contributed by atoms with van der Waals surface area (Å²) in [5, 5.41) is 0. The van der Waals surface area contributed by atoms with Gasteiger partial charge >= 0.3 is 0 Å². The third kappa shape index (κ3) is 2.67.